The summed E-state index contributed by atoms with van der Waals surface area (Å²) in [6, 6.07) is 81.7. The van der Waals surface area contributed by atoms with Crippen LogP contribution in [-0.2, 0) is 11.8 Å². The molecule has 0 saturated carbocycles. The summed E-state index contributed by atoms with van der Waals surface area (Å²) in [4.78, 5) is 2.43. The van der Waals surface area contributed by atoms with Gasteiger partial charge in [-0.25, -0.2) is 0 Å². The molecule has 2 heteroatoms. The predicted octanol–water partition coefficient (Wildman–Crippen LogP) is 17.7. The van der Waals surface area contributed by atoms with Crippen LogP contribution in [0.1, 0.15) is 47.6 Å². The Kier molecular flexibility index (Phi) is 8.63. The van der Waals surface area contributed by atoms with Crippen molar-refractivity contribution in [2.24, 2.45) is 0 Å². The normalized spacial score (nSPS) is 14.5. The molecule has 1 unspecified atom stereocenters. The van der Waals surface area contributed by atoms with Gasteiger partial charge >= 0.3 is 0 Å². The number of nitrogens with zero attached hydrogens (tertiary/aromatic N) is 1. The molecular weight excluding hydrogens is 803 g/mol. The van der Waals surface area contributed by atoms with Crippen LogP contribution in [0.15, 0.2) is 218 Å². The number of hydrogen-bond donors (Lipinski definition) is 0. The van der Waals surface area contributed by atoms with Crippen molar-refractivity contribution in [1.29, 1.82) is 0 Å². The van der Waals surface area contributed by atoms with Crippen LogP contribution in [0, 0.1) is 0 Å². The first-order valence-electron chi connectivity index (χ1n) is 22.8. The maximum absolute atomic E-state index is 2.51. The van der Waals surface area contributed by atoms with Crippen LogP contribution in [-0.4, -0.2) is 0 Å². The van der Waals surface area contributed by atoms with E-state index in [0.29, 0.717) is 0 Å². The summed E-state index contributed by atoms with van der Waals surface area (Å²) in [5.41, 5.74) is 20.4. The maximum atomic E-state index is 2.51. The van der Waals surface area contributed by atoms with Crippen molar-refractivity contribution in [2.75, 3.05) is 4.90 Å². The summed E-state index contributed by atoms with van der Waals surface area (Å²) in [7, 11) is 0. The Bertz CT molecular complexity index is 3650. The van der Waals surface area contributed by atoms with E-state index in [4.69, 9.17) is 0 Å². The van der Waals surface area contributed by atoms with E-state index in [0.717, 1.165) is 23.5 Å². The van der Waals surface area contributed by atoms with Crippen LogP contribution < -0.4 is 4.90 Å². The Balaban J connectivity index is 0.938. The Hall–Kier alpha value is -7.52. The number of hydrogen-bond acceptors (Lipinski definition) is 2. The van der Waals surface area contributed by atoms with Gasteiger partial charge in [0.2, 0.25) is 0 Å². The van der Waals surface area contributed by atoms with Gasteiger partial charge in [-0.05, 0) is 139 Å². The second-order valence-electron chi connectivity index (χ2n) is 18.4. The van der Waals surface area contributed by atoms with Crippen LogP contribution >= 0.6 is 11.3 Å². The molecule has 1 aromatic heterocycles. The fourth-order valence-electron chi connectivity index (χ4n) is 11.1. The molecule has 1 heterocycles. The third-order valence-corrected chi connectivity index (χ3v) is 15.6. The molecule has 0 bridgehead atoms. The standard InChI is InChI=1S/C63H45NS/c1-63(2)59-22-11-9-20-51(59)52-33-30-49(38-60(52)63)64(48-19-13-18-43(35-48)40-14-5-3-6-15-40)47-28-24-41(25-29-47)44-26-31-50-55(42-16-7-4-8-17-42)37-46-34-45-27-32-54-53-21-10-12-23-61(53)65-62(54)57(45)39-56(46)58(50)36-44/h3-36,38-39,55H,37H2,1-2H3. The number of rotatable bonds is 6. The highest BCUT2D eigenvalue weighted by Gasteiger charge is 2.36. The zero-order valence-electron chi connectivity index (χ0n) is 36.4. The van der Waals surface area contributed by atoms with Crippen molar-refractivity contribution in [3.8, 4) is 44.5 Å². The molecule has 0 amide bonds. The summed E-state index contributed by atoms with van der Waals surface area (Å²) in [6.07, 6.45) is 0.980. The molecule has 0 saturated heterocycles. The quantitative estimate of drug-likeness (QED) is 0.161. The van der Waals surface area contributed by atoms with Gasteiger partial charge in [0.25, 0.3) is 0 Å². The molecule has 0 fully saturated rings. The zero-order chi connectivity index (χ0) is 43.2. The molecule has 0 radical (unpaired) electrons. The smallest absolute Gasteiger partial charge is 0.0467 e. The maximum Gasteiger partial charge on any atom is 0.0467 e. The largest absolute Gasteiger partial charge is 0.310 e. The number of benzene rings is 10. The van der Waals surface area contributed by atoms with E-state index in [1.54, 1.807) is 0 Å². The number of fused-ring (bicyclic) bond motifs is 11. The molecule has 0 N–H and O–H groups in total. The molecule has 13 rings (SSSR count). The minimum atomic E-state index is -0.107. The summed E-state index contributed by atoms with van der Waals surface area (Å²) in [5, 5.41) is 5.35. The molecule has 2 aliphatic rings. The lowest BCUT2D eigenvalue weighted by Gasteiger charge is -2.30. The highest BCUT2D eigenvalue weighted by atomic mass is 32.1. The van der Waals surface area contributed by atoms with E-state index < -0.39 is 0 Å². The van der Waals surface area contributed by atoms with Crippen LogP contribution in [0.4, 0.5) is 17.1 Å². The monoisotopic (exact) mass is 847 g/mol. The van der Waals surface area contributed by atoms with Crippen molar-refractivity contribution in [1.82, 2.24) is 0 Å². The zero-order valence-corrected chi connectivity index (χ0v) is 37.2. The van der Waals surface area contributed by atoms with E-state index in [9.17, 15) is 0 Å². The minimum absolute atomic E-state index is 0.107. The van der Waals surface area contributed by atoms with E-state index in [1.807, 2.05) is 11.3 Å². The summed E-state index contributed by atoms with van der Waals surface area (Å²) >= 11 is 1.92. The van der Waals surface area contributed by atoms with Crippen molar-refractivity contribution >= 4 is 59.3 Å². The fourth-order valence-corrected chi connectivity index (χ4v) is 12.4. The molecule has 10 aromatic carbocycles. The third kappa shape index (κ3) is 6.12. The molecule has 1 atom stereocenters. The lowest BCUT2D eigenvalue weighted by Crippen LogP contribution is -2.16. The van der Waals surface area contributed by atoms with Crippen molar-refractivity contribution < 1.29 is 0 Å². The highest BCUT2D eigenvalue weighted by Crippen LogP contribution is 2.52. The molecule has 0 spiro atoms. The summed E-state index contributed by atoms with van der Waals surface area (Å²) in [5.74, 6) is 0.283. The van der Waals surface area contributed by atoms with Crippen LogP contribution in [0.25, 0.3) is 75.5 Å². The molecule has 308 valence electrons. The third-order valence-electron chi connectivity index (χ3n) is 14.4. The second-order valence-corrected chi connectivity index (χ2v) is 19.5. The number of thiophene rings is 1. The van der Waals surface area contributed by atoms with Gasteiger partial charge in [0.05, 0.1) is 0 Å². The lowest BCUT2D eigenvalue weighted by atomic mass is 9.74. The second kappa shape index (κ2) is 14.8. The van der Waals surface area contributed by atoms with Gasteiger partial charge in [0.1, 0.15) is 0 Å². The van der Waals surface area contributed by atoms with Gasteiger partial charge < -0.3 is 4.90 Å². The first kappa shape index (κ1) is 38.0. The van der Waals surface area contributed by atoms with Gasteiger partial charge in [-0.15, -0.1) is 11.3 Å². The van der Waals surface area contributed by atoms with E-state index in [2.05, 4.69) is 237 Å². The summed E-state index contributed by atoms with van der Waals surface area (Å²) in [6.45, 7) is 4.73. The van der Waals surface area contributed by atoms with Crippen molar-refractivity contribution in [3.05, 3.63) is 246 Å². The summed E-state index contributed by atoms with van der Waals surface area (Å²) < 4.78 is 2.72. The molecule has 11 aromatic rings. The molecular formula is C63H45NS. The molecule has 2 aliphatic carbocycles. The van der Waals surface area contributed by atoms with Crippen LogP contribution in [0.2, 0.25) is 0 Å². The molecule has 1 nitrogen and oxygen atoms in total. The Morgan fingerprint density at radius 1 is 0.431 bits per heavy atom. The molecule has 0 aliphatic heterocycles. The van der Waals surface area contributed by atoms with Crippen molar-refractivity contribution in [2.45, 2.75) is 31.6 Å². The van der Waals surface area contributed by atoms with Gasteiger partial charge in [0.15, 0.2) is 0 Å². The van der Waals surface area contributed by atoms with Crippen LogP contribution in [0.5, 0.6) is 0 Å². The average molecular weight is 848 g/mol. The first-order valence-corrected chi connectivity index (χ1v) is 23.6. The minimum Gasteiger partial charge on any atom is -0.310 e. The average Bonchev–Trinajstić information content (AvgIpc) is 3.86. The topological polar surface area (TPSA) is 3.24 Å². The van der Waals surface area contributed by atoms with E-state index in [1.165, 1.54) is 103 Å². The van der Waals surface area contributed by atoms with Gasteiger partial charge in [0, 0.05) is 54.0 Å². The fraction of sp³-hybridized carbons (Fsp3) is 0.0794. The Morgan fingerprint density at radius 2 is 1.11 bits per heavy atom. The number of anilines is 3. The Labute approximate surface area is 384 Å². The van der Waals surface area contributed by atoms with Crippen LogP contribution in [0.3, 0.4) is 0 Å². The Morgan fingerprint density at radius 3 is 1.97 bits per heavy atom. The van der Waals surface area contributed by atoms with E-state index >= 15 is 0 Å². The highest BCUT2D eigenvalue weighted by molar-refractivity contribution is 7.26. The van der Waals surface area contributed by atoms with Gasteiger partial charge in [-0.3, -0.25) is 0 Å². The van der Waals surface area contributed by atoms with Gasteiger partial charge in [-0.2, -0.15) is 0 Å². The SMILES string of the molecule is CC1(C)c2ccccc2-c2ccc(N(c3ccc(-c4ccc5c(c4)-c4cc6c(ccc7c8ccccc8sc67)cc4CC5c4ccccc4)cc3)c3cccc(-c4ccccc4)c3)cc21. The van der Waals surface area contributed by atoms with E-state index in [-0.39, 0.29) is 11.3 Å². The van der Waals surface area contributed by atoms with Gasteiger partial charge in [-0.1, -0.05) is 178 Å². The lowest BCUT2D eigenvalue weighted by molar-refractivity contribution is 0.660. The first-order chi connectivity index (χ1) is 32.0. The van der Waals surface area contributed by atoms with Crippen molar-refractivity contribution in [3.63, 3.8) is 0 Å². The predicted molar refractivity (Wildman–Crippen MR) is 277 cm³/mol. The molecule has 65 heavy (non-hydrogen) atoms.